The van der Waals surface area contributed by atoms with Crippen molar-refractivity contribution >= 4 is 41.5 Å². The lowest BCUT2D eigenvalue weighted by Gasteiger charge is -2.15. The molecule has 0 atom stereocenters. The Hall–Kier alpha value is -0.690. The third kappa shape index (κ3) is 7.76. The van der Waals surface area contributed by atoms with Gasteiger partial charge in [0.15, 0.2) is 5.96 Å². The molecule has 1 aromatic carbocycles. The molecule has 0 heterocycles. The van der Waals surface area contributed by atoms with Crippen molar-refractivity contribution in [3.8, 4) is 5.75 Å². The molecule has 0 aliphatic heterocycles. The Morgan fingerprint density at radius 1 is 1.33 bits per heavy atom. The highest BCUT2D eigenvalue weighted by molar-refractivity contribution is 14.0. The minimum atomic E-state index is 0. The molecule has 0 bridgehead atoms. The van der Waals surface area contributed by atoms with Gasteiger partial charge in [-0.3, -0.25) is 4.99 Å². The molecule has 2 N–H and O–H groups in total. The van der Waals surface area contributed by atoms with E-state index in [1.165, 1.54) is 0 Å². The summed E-state index contributed by atoms with van der Waals surface area (Å²) < 4.78 is 5.60. The van der Waals surface area contributed by atoms with E-state index in [-0.39, 0.29) is 24.0 Å². The molecular weight excluding hydrogens is 401 g/mol. The van der Waals surface area contributed by atoms with Crippen molar-refractivity contribution in [2.45, 2.75) is 27.3 Å². The maximum Gasteiger partial charge on any atom is 0.191 e. The number of guanidine groups is 1. The second-order valence-corrected chi connectivity index (χ2v) is 5.32. The number of hydrogen-bond donors (Lipinski definition) is 2. The van der Waals surface area contributed by atoms with Crippen molar-refractivity contribution in [3.05, 3.63) is 28.8 Å². The van der Waals surface area contributed by atoms with Crippen molar-refractivity contribution in [3.63, 3.8) is 0 Å². The van der Waals surface area contributed by atoms with Gasteiger partial charge in [0, 0.05) is 30.7 Å². The monoisotopic (exact) mass is 425 g/mol. The van der Waals surface area contributed by atoms with Crippen molar-refractivity contribution in [2.75, 3.05) is 20.2 Å². The van der Waals surface area contributed by atoms with Gasteiger partial charge in [-0.15, -0.1) is 24.0 Å². The van der Waals surface area contributed by atoms with Crippen LogP contribution in [0, 0.1) is 5.92 Å². The Labute approximate surface area is 149 Å². The summed E-state index contributed by atoms with van der Waals surface area (Å²) in [5.41, 5.74) is 1.06. The molecule has 0 amide bonds. The van der Waals surface area contributed by atoms with Crippen LogP contribution in [0.2, 0.25) is 5.02 Å². The topological polar surface area (TPSA) is 45.6 Å². The second kappa shape index (κ2) is 11.0. The number of benzene rings is 1. The van der Waals surface area contributed by atoms with E-state index in [9.17, 15) is 0 Å². The van der Waals surface area contributed by atoms with E-state index in [2.05, 4.69) is 29.5 Å². The summed E-state index contributed by atoms with van der Waals surface area (Å²) in [5.74, 6) is 2.17. The van der Waals surface area contributed by atoms with E-state index < -0.39 is 0 Å². The number of nitrogens with zero attached hydrogens (tertiary/aromatic N) is 1. The first kappa shape index (κ1) is 20.3. The van der Waals surface area contributed by atoms with Crippen LogP contribution in [0.5, 0.6) is 5.75 Å². The van der Waals surface area contributed by atoms with Crippen LogP contribution in [0.25, 0.3) is 0 Å². The quantitative estimate of drug-likeness (QED) is 0.415. The third-order valence-corrected chi connectivity index (χ3v) is 2.91. The van der Waals surface area contributed by atoms with Gasteiger partial charge in [-0.25, -0.2) is 0 Å². The van der Waals surface area contributed by atoms with Gasteiger partial charge < -0.3 is 15.4 Å². The minimum absolute atomic E-state index is 0. The first-order valence-corrected chi connectivity index (χ1v) is 7.30. The number of aliphatic imine (C=N–C) groups is 1. The van der Waals surface area contributed by atoms with Gasteiger partial charge >= 0.3 is 0 Å². The Kier molecular flexibility index (Phi) is 10.6. The number of ether oxygens (including phenoxy) is 1. The fraction of sp³-hybridized carbons (Fsp3) is 0.533. The van der Waals surface area contributed by atoms with Crippen molar-refractivity contribution < 1.29 is 4.74 Å². The summed E-state index contributed by atoms with van der Waals surface area (Å²) >= 11 is 5.99. The molecule has 1 rings (SSSR count). The lowest BCUT2D eigenvalue weighted by molar-refractivity contribution is 0.336. The molecule has 0 spiro atoms. The summed E-state index contributed by atoms with van der Waals surface area (Å²) in [6.45, 7) is 8.43. The zero-order chi connectivity index (χ0) is 15.0. The van der Waals surface area contributed by atoms with Crippen molar-refractivity contribution in [1.29, 1.82) is 0 Å². The zero-order valence-corrected chi connectivity index (χ0v) is 16.2. The zero-order valence-electron chi connectivity index (χ0n) is 13.1. The minimum Gasteiger partial charge on any atom is -0.493 e. The molecule has 6 heteroatoms. The summed E-state index contributed by atoms with van der Waals surface area (Å²) in [5, 5.41) is 7.23. The second-order valence-electron chi connectivity index (χ2n) is 4.89. The Balaban J connectivity index is 0.00000400. The fourth-order valence-corrected chi connectivity index (χ4v) is 1.83. The smallest absolute Gasteiger partial charge is 0.191 e. The lowest BCUT2D eigenvalue weighted by atomic mass is 10.2. The predicted octanol–water partition coefficient (Wildman–Crippen LogP) is 3.68. The number of rotatable bonds is 6. The number of nitrogens with one attached hydrogen (secondary N) is 2. The largest absolute Gasteiger partial charge is 0.493 e. The van der Waals surface area contributed by atoms with E-state index in [0.717, 1.165) is 23.8 Å². The number of halogens is 2. The van der Waals surface area contributed by atoms with Crippen LogP contribution < -0.4 is 15.4 Å². The fourth-order valence-electron chi connectivity index (χ4n) is 1.66. The van der Waals surface area contributed by atoms with Gasteiger partial charge in [-0.05, 0) is 25.0 Å². The highest BCUT2D eigenvalue weighted by atomic mass is 127. The van der Waals surface area contributed by atoms with E-state index in [1.54, 1.807) is 7.05 Å². The Morgan fingerprint density at radius 3 is 2.62 bits per heavy atom. The van der Waals surface area contributed by atoms with E-state index >= 15 is 0 Å². The van der Waals surface area contributed by atoms with Crippen LogP contribution in [-0.4, -0.2) is 26.2 Å². The molecule has 0 aliphatic rings. The molecule has 0 radical (unpaired) electrons. The molecule has 0 fully saturated rings. The molecule has 4 nitrogen and oxygen atoms in total. The first-order chi connectivity index (χ1) is 9.56. The molecule has 0 aromatic heterocycles. The maximum atomic E-state index is 5.99. The average molecular weight is 426 g/mol. The van der Waals surface area contributed by atoms with Gasteiger partial charge in [0.1, 0.15) is 5.75 Å². The molecule has 0 aliphatic carbocycles. The van der Waals surface area contributed by atoms with E-state index in [1.807, 2.05) is 25.1 Å². The Morgan fingerprint density at radius 2 is 2.05 bits per heavy atom. The van der Waals surface area contributed by atoms with Gasteiger partial charge in [0.2, 0.25) is 0 Å². The highest BCUT2D eigenvalue weighted by Crippen LogP contribution is 2.23. The molecule has 120 valence electrons. The molecule has 0 unspecified atom stereocenters. The number of hydrogen-bond acceptors (Lipinski definition) is 2. The van der Waals surface area contributed by atoms with Gasteiger partial charge in [-0.1, -0.05) is 31.5 Å². The van der Waals surface area contributed by atoms with Crippen molar-refractivity contribution in [1.82, 2.24) is 10.6 Å². The van der Waals surface area contributed by atoms with Crippen LogP contribution in [0.4, 0.5) is 0 Å². The molecular formula is C15H25ClIN3O. The van der Waals surface area contributed by atoms with Crippen LogP contribution in [0.1, 0.15) is 26.3 Å². The van der Waals surface area contributed by atoms with Crippen LogP contribution in [0.3, 0.4) is 0 Å². The maximum absolute atomic E-state index is 5.99. The molecule has 1 aromatic rings. The van der Waals surface area contributed by atoms with E-state index in [4.69, 9.17) is 16.3 Å². The molecule has 0 saturated carbocycles. The summed E-state index contributed by atoms with van der Waals surface area (Å²) in [4.78, 5) is 4.20. The SMILES string of the molecule is CCOc1cc(Cl)ccc1CNC(=NC)NCC(C)C.I. The Bertz CT molecular complexity index is 453. The molecule has 21 heavy (non-hydrogen) atoms. The van der Waals surface area contributed by atoms with Crippen LogP contribution in [-0.2, 0) is 6.54 Å². The highest BCUT2D eigenvalue weighted by Gasteiger charge is 2.06. The van der Waals surface area contributed by atoms with Gasteiger partial charge in [0.05, 0.1) is 6.61 Å². The third-order valence-electron chi connectivity index (χ3n) is 2.68. The van der Waals surface area contributed by atoms with Crippen molar-refractivity contribution in [2.24, 2.45) is 10.9 Å². The summed E-state index contributed by atoms with van der Waals surface area (Å²) in [7, 11) is 1.76. The standard InChI is InChI=1S/C15H24ClN3O.HI/c1-5-20-14-8-13(16)7-6-12(14)10-19-15(17-4)18-9-11(2)3;/h6-8,11H,5,9-10H2,1-4H3,(H2,17,18,19);1H. The summed E-state index contributed by atoms with van der Waals surface area (Å²) in [6.07, 6.45) is 0. The predicted molar refractivity (Wildman–Crippen MR) is 101 cm³/mol. The summed E-state index contributed by atoms with van der Waals surface area (Å²) in [6, 6.07) is 5.67. The normalized spacial score (nSPS) is 11.0. The van der Waals surface area contributed by atoms with Gasteiger partial charge in [-0.2, -0.15) is 0 Å². The lowest BCUT2D eigenvalue weighted by Crippen LogP contribution is -2.38. The van der Waals surface area contributed by atoms with Crippen LogP contribution >= 0.6 is 35.6 Å². The molecule has 0 saturated heterocycles. The van der Waals surface area contributed by atoms with Crippen LogP contribution in [0.15, 0.2) is 23.2 Å². The van der Waals surface area contributed by atoms with Gasteiger partial charge in [0.25, 0.3) is 0 Å². The first-order valence-electron chi connectivity index (χ1n) is 6.92. The average Bonchev–Trinajstić information content (AvgIpc) is 2.41. The van der Waals surface area contributed by atoms with E-state index in [0.29, 0.717) is 24.1 Å².